The first-order valence-corrected chi connectivity index (χ1v) is 8.85. The SMILES string of the molecule is COc1ccc(OCCNCCC(=O)Nc2c(C)cc(C)cc2C)cc1. The average molecular weight is 356 g/mol. The van der Waals surface area contributed by atoms with Crippen molar-refractivity contribution in [2.45, 2.75) is 27.2 Å². The quantitative estimate of drug-likeness (QED) is 0.674. The lowest BCUT2D eigenvalue weighted by Gasteiger charge is -2.13. The zero-order valence-corrected chi connectivity index (χ0v) is 16.0. The Hall–Kier alpha value is -2.53. The molecular weight excluding hydrogens is 328 g/mol. The van der Waals surface area contributed by atoms with Crippen molar-refractivity contribution in [3.63, 3.8) is 0 Å². The van der Waals surface area contributed by atoms with Crippen LogP contribution in [0.1, 0.15) is 23.1 Å². The fourth-order valence-corrected chi connectivity index (χ4v) is 2.82. The van der Waals surface area contributed by atoms with Crippen LogP contribution < -0.4 is 20.1 Å². The largest absolute Gasteiger partial charge is 0.497 e. The first-order valence-electron chi connectivity index (χ1n) is 8.85. The number of benzene rings is 2. The first kappa shape index (κ1) is 19.8. The number of carbonyl (C=O) groups is 1. The molecule has 0 spiro atoms. The summed E-state index contributed by atoms with van der Waals surface area (Å²) in [6, 6.07) is 11.6. The van der Waals surface area contributed by atoms with Gasteiger partial charge in [0, 0.05) is 25.2 Å². The van der Waals surface area contributed by atoms with E-state index in [1.807, 2.05) is 38.1 Å². The summed E-state index contributed by atoms with van der Waals surface area (Å²) in [6.07, 6.45) is 0.426. The molecule has 0 aliphatic heterocycles. The lowest BCUT2D eigenvalue weighted by Crippen LogP contribution is -2.26. The second-order valence-electron chi connectivity index (χ2n) is 6.35. The number of hydrogen-bond acceptors (Lipinski definition) is 4. The maximum absolute atomic E-state index is 12.1. The molecule has 0 saturated carbocycles. The second kappa shape index (κ2) is 9.82. The van der Waals surface area contributed by atoms with Gasteiger partial charge in [-0.3, -0.25) is 4.79 Å². The summed E-state index contributed by atoms with van der Waals surface area (Å²) in [5.74, 6) is 1.62. The molecule has 0 saturated heterocycles. The number of hydrogen-bond donors (Lipinski definition) is 2. The van der Waals surface area contributed by atoms with Crippen LogP contribution in [0, 0.1) is 20.8 Å². The normalized spacial score (nSPS) is 10.5. The van der Waals surface area contributed by atoms with Gasteiger partial charge in [-0.05, 0) is 56.2 Å². The van der Waals surface area contributed by atoms with E-state index >= 15 is 0 Å². The molecule has 5 nitrogen and oxygen atoms in total. The van der Waals surface area contributed by atoms with Crippen molar-refractivity contribution in [2.24, 2.45) is 0 Å². The van der Waals surface area contributed by atoms with Gasteiger partial charge in [0.15, 0.2) is 0 Å². The van der Waals surface area contributed by atoms with Gasteiger partial charge < -0.3 is 20.1 Å². The number of anilines is 1. The predicted molar refractivity (Wildman–Crippen MR) is 105 cm³/mol. The molecule has 2 aromatic carbocycles. The summed E-state index contributed by atoms with van der Waals surface area (Å²) in [5, 5.41) is 6.23. The second-order valence-corrected chi connectivity index (χ2v) is 6.35. The smallest absolute Gasteiger partial charge is 0.225 e. The van der Waals surface area contributed by atoms with Crippen LogP contribution in [0.2, 0.25) is 0 Å². The maximum atomic E-state index is 12.1. The molecular formula is C21H28N2O3. The minimum Gasteiger partial charge on any atom is -0.497 e. The number of ether oxygens (including phenoxy) is 2. The number of amides is 1. The molecule has 0 radical (unpaired) electrons. The molecule has 0 heterocycles. The van der Waals surface area contributed by atoms with Crippen LogP contribution in [0.25, 0.3) is 0 Å². The van der Waals surface area contributed by atoms with E-state index in [0.717, 1.165) is 28.3 Å². The minimum absolute atomic E-state index is 0.0172. The fraction of sp³-hybridized carbons (Fsp3) is 0.381. The van der Waals surface area contributed by atoms with Gasteiger partial charge in [-0.25, -0.2) is 0 Å². The minimum atomic E-state index is 0.0172. The van der Waals surface area contributed by atoms with Gasteiger partial charge in [0.05, 0.1) is 7.11 Å². The number of carbonyl (C=O) groups excluding carboxylic acids is 1. The Labute approximate surface area is 155 Å². The molecule has 0 aliphatic carbocycles. The van der Waals surface area contributed by atoms with Crippen molar-refractivity contribution in [2.75, 3.05) is 32.1 Å². The summed E-state index contributed by atoms with van der Waals surface area (Å²) in [7, 11) is 1.64. The molecule has 2 aromatic rings. The molecule has 0 atom stereocenters. The van der Waals surface area contributed by atoms with Crippen LogP contribution >= 0.6 is 0 Å². The number of rotatable bonds is 9. The number of nitrogens with one attached hydrogen (secondary N) is 2. The van der Waals surface area contributed by atoms with Gasteiger partial charge in [0.1, 0.15) is 18.1 Å². The Kier molecular flexibility index (Phi) is 7.48. The van der Waals surface area contributed by atoms with Crippen LogP contribution in [0.4, 0.5) is 5.69 Å². The average Bonchev–Trinajstić information content (AvgIpc) is 2.61. The van der Waals surface area contributed by atoms with E-state index in [-0.39, 0.29) is 5.91 Å². The number of methoxy groups -OCH3 is 1. The van der Waals surface area contributed by atoms with E-state index in [0.29, 0.717) is 26.1 Å². The van der Waals surface area contributed by atoms with E-state index in [1.54, 1.807) is 7.11 Å². The van der Waals surface area contributed by atoms with Gasteiger partial charge in [-0.2, -0.15) is 0 Å². The highest BCUT2D eigenvalue weighted by Crippen LogP contribution is 2.22. The molecule has 1 amide bonds. The molecule has 0 aliphatic rings. The van der Waals surface area contributed by atoms with E-state index in [4.69, 9.17) is 9.47 Å². The van der Waals surface area contributed by atoms with E-state index in [9.17, 15) is 4.79 Å². The third kappa shape index (κ3) is 6.08. The van der Waals surface area contributed by atoms with Crippen LogP contribution in [0.5, 0.6) is 11.5 Å². The van der Waals surface area contributed by atoms with Gasteiger partial charge in [0.25, 0.3) is 0 Å². The van der Waals surface area contributed by atoms with Gasteiger partial charge in [-0.15, -0.1) is 0 Å². The summed E-state index contributed by atoms with van der Waals surface area (Å²) in [4.78, 5) is 12.1. The molecule has 0 fully saturated rings. The summed E-state index contributed by atoms with van der Waals surface area (Å²) in [5.41, 5.74) is 4.31. The zero-order chi connectivity index (χ0) is 18.9. The van der Waals surface area contributed by atoms with E-state index in [2.05, 4.69) is 29.7 Å². The van der Waals surface area contributed by atoms with Crippen LogP contribution in [0.15, 0.2) is 36.4 Å². The van der Waals surface area contributed by atoms with Crippen molar-refractivity contribution in [1.29, 1.82) is 0 Å². The highest BCUT2D eigenvalue weighted by molar-refractivity contribution is 5.92. The maximum Gasteiger partial charge on any atom is 0.225 e. The molecule has 26 heavy (non-hydrogen) atoms. The number of aryl methyl sites for hydroxylation is 3. The van der Waals surface area contributed by atoms with Crippen molar-refractivity contribution in [1.82, 2.24) is 5.32 Å². The third-order valence-electron chi connectivity index (χ3n) is 4.08. The Morgan fingerprint density at radius 1 is 0.962 bits per heavy atom. The predicted octanol–water partition coefficient (Wildman–Crippen LogP) is 3.62. The molecule has 0 aromatic heterocycles. The monoisotopic (exact) mass is 356 g/mol. The zero-order valence-electron chi connectivity index (χ0n) is 16.0. The molecule has 0 bridgehead atoms. The van der Waals surface area contributed by atoms with Crippen LogP contribution in [0.3, 0.4) is 0 Å². The van der Waals surface area contributed by atoms with E-state index in [1.165, 1.54) is 5.56 Å². The van der Waals surface area contributed by atoms with Crippen LogP contribution in [-0.2, 0) is 4.79 Å². The summed E-state index contributed by atoms with van der Waals surface area (Å²) < 4.78 is 10.7. The summed E-state index contributed by atoms with van der Waals surface area (Å²) >= 11 is 0. The van der Waals surface area contributed by atoms with Crippen LogP contribution in [-0.4, -0.2) is 32.7 Å². The summed E-state index contributed by atoms with van der Waals surface area (Å²) in [6.45, 7) is 7.94. The van der Waals surface area contributed by atoms with Gasteiger partial charge in [-0.1, -0.05) is 17.7 Å². The molecule has 2 N–H and O–H groups in total. The van der Waals surface area contributed by atoms with Crippen molar-refractivity contribution in [3.8, 4) is 11.5 Å². The molecule has 2 rings (SSSR count). The highest BCUT2D eigenvalue weighted by atomic mass is 16.5. The lowest BCUT2D eigenvalue weighted by molar-refractivity contribution is -0.116. The Morgan fingerprint density at radius 2 is 1.58 bits per heavy atom. The van der Waals surface area contributed by atoms with Crippen molar-refractivity contribution >= 4 is 11.6 Å². The lowest BCUT2D eigenvalue weighted by atomic mass is 10.1. The fourth-order valence-electron chi connectivity index (χ4n) is 2.82. The van der Waals surface area contributed by atoms with Gasteiger partial charge in [0.2, 0.25) is 5.91 Å². The highest BCUT2D eigenvalue weighted by Gasteiger charge is 2.08. The molecule has 0 unspecified atom stereocenters. The first-order chi connectivity index (χ1) is 12.5. The Morgan fingerprint density at radius 3 is 2.19 bits per heavy atom. The van der Waals surface area contributed by atoms with E-state index < -0.39 is 0 Å². The molecule has 5 heteroatoms. The standard InChI is InChI=1S/C21H28N2O3/c1-15-13-16(2)21(17(3)14-15)23-20(24)9-10-22-11-12-26-19-7-5-18(25-4)6-8-19/h5-8,13-14,22H,9-12H2,1-4H3,(H,23,24). The van der Waals surface area contributed by atoms with Crippen molar-refractivity contribution in [3.05, 3.63) is 53.1 Å². The topological polar surface area (TPSA) is 59.6 Å². The van der Waals surface area contributed by atoms with Crippen molar-refractivity contribution < 1.29 is 14.3 Å². The van der Waals surface area contributed by atoms with Gasteiger partial charge >= 0.3 is 0 Å². The Bertz CT molecular complexity index is 704. The third-order valence-corrected chi connectivity index (χ3v) is 4.08. The molecule has 140 valence electrons. The Balaban J connectivity index is 1.64.